The van der Waals surface area contributed by atoms with Crippen LogP contribution in [0.3, 0.4) is 0 Å². The molecule has 124 valence electrons. The second-order valence-electron chi connectivity index (χ2n) is 6.15. The van der Waals surface area contributed by atoms with E-state index in [4.69, 9.17) is 16.0 Å². The van der Waals surface area contributed by atoms with E-state index in [-0.39, 0.29) is 6.04 Å². The molecule has 4 rings (SSSR count). The van der Waals surface area contributed by atoms with Crippen LogP contribution in [0.25, 0.3) is 11.3 Å². The standard InChI is InChI=1S/C18H19ClN4O/c1-12-20-18(22-21-12)16-7-4-10-23(16)11-13-8-9-17(24-13)14-5-2-3-6-15(14)19/h2-3,5-6,8-9,16H,4,7,10-11H2,1H3,(H,20,21,22). The van der Waals surface area contributed by atoms with Crippen LogP contribution in [-0.2, 0) is 6.54 Å². The molecule has 3 aromatic rings. The molecule has 0 saturated carbocycles. The second-order valence-corrected chi connectivity index (χ2v) is 6.56. The minimum absolute atomic E-state index is 0.254. The molecule has 0 spiro atoms. The average molecular weight is 343 g/mol. The normalized spacial score (nSPS) is 18.3. The Balaban J connectivity index is 1.52. The molecule has 1 atom stereocenters. The third-order valence-electron chi connectivity index (χ3n) is 4.44. The van der Waals surface area contributed by atoms with Crippen molar-refractivity contribution in [1.82, 2.24) is 20.1 Å². The first-order chi connectivity index (χ1) is 11.7. The van der Waals surface area contributed by atoms with Gasteiger partial charge in [0.05, 0.1) is 17.6 Å². The molecule has 1 aliphatic rings. The number of aryl methyl sites for hydroxylation is 1. The van der Waals surface area contributed by atoms with Crippen molar-refractivity contribution in [1.29, 1.82) is 0 Å². The molecule has 6 heteroatoms. The number of likely N-dealkylation sites (tertiary alicyclic amines) is 1. The highest BCUT2D eigenvalue weighted by Gasteiger charge is 2.29. The summed E-state index contributed by atoms with van der Waals surface area (Å²) >= 11 is 6.25. The van der Waals surface area contributed by atoms with Gasteiger partial charge in [-0.3, -0.25) is 10.00 Å². The number of H-pyrrole nitrogens is 1. The van der Waals surface area contributed by atoms with Crippen molar-refractivity contribution < 1.29 is 4.42 Å². The number of nitrogens with zero attached hydrogens (tertiary/aromatic N) is 3. The molecule has 1 saturated heterocycles. The fourth-order valence-corrected chi connectivity index (χ4v) is 3.51. The number of aromatic amines is 1. The van der Waals surface area contributed by atoms with Crippen LogP contribution < -0.4 is 0 Å². The Hall–Kier alpha value is -2.11. The third kappa shape index (κ3) is 2.97. The van der Waals surface area contributed by atoms with Crippen LogP contribution >= 0.6 is 11.6 Å². The minimum Gasteiger partial charge on any atom is -0.460 e. The van der Waals surface area contributed by atoms with E-state index in [9.17, 15) is 0 Å². The molecule has 0 bridgehead atoms. The van der Waals surface area contributed by atoms with E-state index < -0.39 is 0 Å². The van der Waals surface area contributed by atoms with E-state index in [1.165, 1.54) is 0 Å². The molecule has 1 aromatic carbocycles. The number of aromatic nitrogens is 3. The zero-order chi connectivity index (χ0) is 16.5. The van der Waals surface area contributed by atoms with Crippen LogP contribution in [0.15, 0.2) is 40.8 Å². The number of hydrogen-bond acceptors (Lipinski definition) is 4. The summed E-state index contributed by atoms with van der Waals surface area (Å²) in [6.45, 7) is 3.71. The van der Waals surface area contributed by atoms with Gasteiger partial charge in [0, 0.05) is 5.56 Å². The Morgan fingerprint density at radius 1 is 1.29 bits per heavy atom. The van der Waals surface area contributed by atoms with E-state index in [1.54, 1.807) is 0 Å². The largest absolute Gasteiger partial charge is 0.460 e. The van der Waals surface area contributed by atoms with Gasteiger partial charge in [-0.2, -0.15) is 5.10 Å². The summed E-state index contributed by atoms with van der Waals surface area (Å²) in [4.78, 5) is 6.87. The van der Waals surface area contributed by atoms with Crippen molar-refractivity contribution in [2.75, 3.05) is 6.54 Å². The van der Waals surface area contributed by atoms with Crippen molar-refractivity contribution in [3.63, 3.8) is 0 Å². The zero-order valence-electron chi connectivity index (χ0n) is 13.5. The van der Waals surface area contributed by atoms with Gasteiger partial charge in [0.15, 0.2) is 5.82 Å². The maximum atomic E-state index is 6.25. The van der Waals surface area contributed by atoms with Gasteiger partial charge in [0.2, 0.25) is 0 Å². The van der Waals surface area contributed by atoms with Gasteiger partial charge in [0.1, 0.15) is 17.3 Å². The molecule has 0 radical (unpaired) electrons. The fourth-order valence-electron chi connectivity index (χ4n) is 3.29. The Bertz CT molecular complexity index is 841. The summed E-state index contributed by atoms with van der Waals surface area (Å²) in [5, 5.41) is 7.97. The lowest BCUT2D eigenvalue weighted by Gasteiger charge is -2.20. The summed E-state index contributed by atoms with van der Waals surface area (Å²) in [5.41, 5.74) is 0.924. The molecule has 3 heterocycles. The summed E-state index contributed by atoms with van der Waals surface area (Å²) in [6.07, 6.45) is 2.23. The molecule has 1 unspecified atom stereocenters. The highest BCUT2D eigenvalue weighted by atomic mass is 35.5. The molecule has 1 aliphatic heterocycles. The summed E-state index contributed by atoms with van der Waals surface area (Å²) in [5.74, 6) is 3.47. The molecular formula is C18H19ClN4O. The lowest BCUT2D eigenvalue weighted by atomic mass is 10.2. The number of benzene rings is 1. The highest BCUT2D eigenvalue weighted by Crippen LogP contribution is 2.33. The molecule has 1 fully saturated rings. The van der Waals surface area contributed by atoms with Gasteiger partial charge < -0.3 is 4.42 Å². The van der Waals surface area contributed by atoms with Crippen molar-refractivity contribution in [2.45, 2.75) is 32.4 Å². The number of halogens is 1. The lowest BCUT2D eigenvalue weighted by molar-refractivity contribution is 0.222. The SMILES string of the molecule is Cc1nc(C2CCCN2Cc2ccc(-c3ccccc3Cl)o2)n[nH]1. The van der Waals surface area contributed by atoms with Gasteiger partial charge in [0.25, 0.3) is 0 Å². The van der Waals surface area contributed by atoms with Crippen molar-refractivity contribution in [3.8, 4) is 11.3 Å². The summed E-state index contributed by atoms with van der Waals surface area (Å²) in [7, 11) is 0. The number of rotatable bonds is 4. The number of hydrogen-bond donors (Lipinski definition) is 1. The van der Waals surface area contributed by atoms with Crippen LogP contribution in [-0.4, -0.2) is 26.6 Å². The second kappa shape index (κ2) is 6.42. The molecule has 24 heavy (non-hydrogen) atoms. The van der Waals surface area contributed by atoms with Gasteiger partial charge >= 0.3 is 0 Å². The quantitative estimate of drug-likeness (QED) is 0.765. The van der Waals surface area contributed by atoms with Crippen molar-refractivity contribution >= 4 is 11.6 Å². The molecule has 2 aromatic heterocycles. The van der Waals surface area contributed by atoms with E-state index >= 15 is 0 Å². The molecule has 0 aliphatic carbocycles. The van der Waals surface area contributed by atoms with Crippen LogP contribution in [0.4, 0.5) is 0 Å². The van der Waals surface area contributed by atoms with Crippen LogP contribution in [0.5, 0.6) is 0 Å². The molecule has 0 amide bonds. The summed E-state index contributed by atoms with van der Waals surface area (Å²) in [6, 6.07) is 12.0. The van der Waals surface area contributed by atoms with Gasteiger partial charge in [-0.25, -0.2) is 4.98 Å². The molecule has 1 N–H and O–H groups in total. The predicted octanol–water partition coefficient (Wildman–Crippen LogP) is 4.36. The Labute approximate surface area is 145 Å². The maximum absolute atomic E-state index is 6.25. The average Bonchev–Trinajstić information content (AvgIpc) is 3.29. The van der Waals surface area contributed by atoms with Crippen LogP contribution in [0.2, 0.25) is 5.02 Å². The smallest absolute Gasteiger partial charge is 0.167 e. The Morgan fingerprint density at radius 3 is 2.96 bits per heavy atom. The first kappa shape index (κ1) is 15.4. The third-order valence-corrected chi connectivity index (χ3v) is 4.77. The molecular weight excluding hydrogens is 324 g/mol. The van der Waals surface area contributed by atoms with Crippen LogP contribution in [0.1, 0.15) is 36.3 Å². The highest BCUT2D eigenvalue weighted by molar-refractivity contribution is 6.33. The van der Waals surface area contributed by atoms with E-state index in [0.717, 1.165) is 54.7 Å². The monoisotopic (exact) mass is 342 g/mol. The first-order valence-electron chi connectivity index (χ1n) is 8.17. The lowest BCUT2D eigenvalue weighted by Crippen LogP contribution is -2.23. The van der Waals surface area contributed by atoms with E-state index in [0.29, 0.717) is 5.02 Å². The summed E-state index contributed by atoms with van der Waals surface area (Å²) < 4.78 is 6.03. The minimum atomic E-state index is 0.254. The Kier molecular flexibility index (Phi) is 4.12. The van der Waals surface area contributed by atoms with Gasteiger partial charge in [-0.15, -0.1) is 0 Å². The van der Waals surface area contributed by atoms with E-state index in [2.05, 4.69) is 20.1 Å². The zero-order valence-corrected chi connectivity index (χ0v) is 14.3. The van der Waals surface area contributed by atoms with Gasteiger partial charge in [-0.1, -0.05) is 23.7 Å². The van der Waals surface area contributed by atoms with Gasteiger partial charge in [-0.05, 0) is 50.6 Å². The predicted molar refractivity (Wildman–Crippen MR) is 92.7 cm³/mol. The van der Waals surface area contributed by atoms with Crippen LogP contribution in [0, 0.1) is 6.92 Å². The number of furan rings is 1. The Morgan fingerprint density at radius 2 is 2.17 bits per heavy atom. The topological polar surface area (TPSA) is 58.0 Å². The first-order valence-corrected chi connectivity index (χ1v) is 8.55. The molecule has 5 nitrogen and oxygen atoms in total. The maximum Gasteiger partial charge on any atom is 0.167 e. The van der Waals surface area contributed by atoms with Crippen molar-refractivity contribution in [3.05, 3.63) is 58.8 Å². The van der Waals surface area contributed by atoms with Crippen molar-refractivity contribution in [2.24, 2.45) is 0 Å². The number of nitrogens with one attached hydrogen (secondary N) is 1. The fraction of sp³-hybridized carbons (Fsp3) is 0.333. The van der Waals surface area contributed by atoms with E-state index in [1.807, 2.05) is 43.3 Å².